The minimum Gasteiger partial charge on any atom is -0.331 e. The Bertz CT molecular complexity index is 754. The number of aromatic nitrogens is 2. The van der Waals surface area contributed by atoms with Gasteiger partial charge in [0.2, 0.25) is 0 Å². The van der Waals surface area contributed by atoms with Crippen molar-refractivity contribution >= 4 is 5.91 Å². The molecule has 2 aliphatic rings. The summed E-state index contributed by atoms with van der Waals surface area (Å²) >= 11 is 0. The van der Waals surface area contributed by atoms with Crippen molar-refractivity contribution < 1.29 is 4.79 Å². The van der Waals surface area contributed by atoms with Crippen LogP contribution in [0.4, 0.5) is 0 Å². The number of amides is 1. The number of hydrogen-bond donors (Lipinski definition) is 1. The van der Waals surface area contributed by atoms with Gasteiger partial charge in [0, 0.05) is 36.1 Å². The molecule has 0 saturated carbocycles. The predicted octanol–water partition coefficient (Wildman–Crippen LogP) is 2.75. The Morgan fingerprint density at radius 3 is 2.81 bits per heavy atom. The Kier molecular flexibility index (Phi) is 5.25. The van der Waals surface area contributed by atoms with Gasteiger partial charge in [0.1, 0.15) is 6.33 Å². The molecule has 1 N–H and O–H groups in total. The van der Waals surface area contributed by atoms with Crippen LogP contribution in [0, 0.1) is 0 Å². The molecule has 1 atom stereocenters. The highest BCUT2D eigenvalue weighted by molar-refractivity contribution is 5.94. The Morgan fingerprint density at radius 2 is 1.92 bits per heavy atom. The van der Waals surface area contributed by atoms with E-state index < -0.39 is 0 Å². The first-order valence-electron chi connectivity index (χ1n) is 9.68. The van der Waals surface area contributed by atoms with Gasteiger partial charge >= 0.3 is 0 Å². The minimum atomic E-state index is 0.135. The molecule has 136 valence electrons. The van der Waals surface area contributed by atoms with Crippen LogP contribution < -0.4 is 5.32 Å². The van der Waals surface area contributed by atoms with E-state index in [1.807, 2.05) is 23.4 Å². The van der Waals surface area contributed by atoms with E-state index in [0.717, 1.165) is 56.3 Å². The van der Waals surface area contributed by atoms with Gasteiger partial charge in [-0.05, 0) is 74.9 Å². The van der Waals surface area contributed by atoms with Crippen LogP contribution in [0.3, 0.4) is 0 Å². The molecule has 1 amide bonds. The summed E-state index contributed by atoms with van der Waals surface area (Å²) in [5, 5.41) is 3.45. The maximum atomic E-state index is 13.4. The fourth-order valence-electron chi connectivity index (χ4n) is 4.16. The minimum absolute atomic E-state index is 0.135. The topological polar surface area (TPSA) is 58.1 Å². The monoisotopic (exact) mass is 350 g/mol. The van der Waals surface area contributed by atoms with Crippen molar-refractivity contribution in [2.75, 3.05) is 13.1 Å². The van der Waals surface area contributed by atoms with Gasteiger partial charge in [-0.25, -0.2) is 9.97 Å². The molecule has 4 rings (SSSR count). The Balaban J connectivity index is 1.61. The number of aryl methyl sites for hydroxylation is 2. The van der Waals surface area contributed by atoms with E-state index in [0.29, 0.717) is 6.54 Å². The number of nitrogens with one attached hydrogen (secondary N) is 1. The van der Waals surface area contributed by atoms with Gasteiger partial charge in [-0.2, -0.15) is 0 Å². The molecule has 1 saturated heterocycles. The average molecular weight is 350 g/mol. The molecule has 0 spiro atoms. The number of rotatable bonds is 4. The summed E-state index contributed by atoms with van der Waals surface area (Å²) in [5.74, 6) is 0.135. The molecule has 0 bridgehead atoms. The summed E-state index contributed by atoms with van der Waals surface area (Å²) in [6.07, 6.45) is 11.7. The van der Waals surface area contributed by atoms with Crippen molar-refractivity contribution in [2.24, 2.45) is 0 Å². The summed E-state index contributed by atoms with van der Waals surface area (Å²) < 4.78 is 0. The summed E-state index contributed by atoms with van der Waals surface area (Å²) in [5.41, 5.74) is 4.56. The van der Waals surface area contributed by atoms with E-state index in [9.17, 15) is 4.79 Å². The number of nitrogens with zero attached hydrogens (tertiary/aromatic N) is 3. The van der Waals surface area contributed by atoms with Crippen LogP contribution in [0.5, 0.6) is 0 Å². The molecule has 5 nitrogen and oxygen atoms in total. The molecular formula is C21H26N4O. The highest BCUT2D eigenvalue weighted by Gasteiger charge is 2.26. The van der Waals surface area contributed by atoms with Gasteiger partial charge in [-0.1, -0.05) is 6.07 Å². The second kappa shape index (κ2) is 7.96. The van der Waals surface area contributed by atoms with Gasteiger partial charge in [-0.3, -0.25) is 4.79 Å². The first kappa shape index (κ1) is 17.2. The molecule has 2 heterocycles. The molecule has 1 aromatic heterocycles. The molecule has 1 aliphatic carbocycles. The quantitative estimate of drug-likeness (QED) is 0.921. The molecular weight excluding hydrogens is 324 g/mol. The second-order valence-corrected chi connectivity index (χ2v) is 7.35. The lowest BCUT2D eigenvalue weighted by Crippen LogP contribution is -2.40. The standard InChI is InChI=1S/C21H26N4O/c26-21(19-7-6-17-3-1-4-18(17)11-19)25(14-16-12-23-15-24-13-16)20-5-2-9-22-10-8-20/h6-7,11-13,15,20,22H,1-5,8-10,14H2/t20-/m0/s1. The van der Waals surface area contributed by atoms with Gasteiger partial charge in [0.15, 0.2) is 0 Å². The van der Waals surface area contributed by atoms with Crippen LogP contribution in [-0.2, 0) is 19.4 Å². The maximum Gasteiger partial charge on any atom is 0.254 e. The fourth-order valence-corrected chi connectivity index (χ4v) is 4.16. The van der Waals surface area contributed by atoms with E-state index in [4.69, 9.17) is 0 Å². The van der Waals surface area contributed by atoms with Crippen molar-refractivity contribution in [1.29, 1.82) is 0 Å². The summed E-state index contributed by atoms with van der Waals surface area (Å²) in [4.78, 5) is 23.7. The van der Waals surface area contributed by atoms with Crippen molar-refractivity contribution in [1.82, 2.24) is 20.2 Å². The molecule has 0 radical (unpaired) electrons. The summed E-state index contributed by atoms with van der Waals surface area (Å²) in [6.45, 7) is 2.57. The highest BCUT2D eigenvalue weighted by Crippen LogP contribution is 2.25. The third kappa shape index (κ3) is 3.78. The molecule has 1 fully saturated rings. The molecule has 1 aromatic carbocycles. The zero-order valence-electron chi connectivity index (χ0n) is 15.2. The van der Waals surface area contributed by atoms with E-state index in [2.05, 4.69) is 27.4 Å². The van der Waals surface area contributed by atoms with Crippen LogP contribution in [0.25, 0.3) is 0 Å². The van der Waals surface area contributed by atoms with Crippen LogP contribution in [0.1, 0.15) is 52.7 Å². The average Bonchev–Trinajstić information content (AvgIpc) is 2.99. The molecule has 26 heavy (non-hydrogen) atoms. The molecule has 2 aromatic rings. The zero-order chi connectivity index (χ0) is 17.8. The smallest absolute Gasteiger partial charge is 0.254 e. The largest absolute Gasteiger partial charge is 0.331 e. The number of hydrogen-bond acceptors (Lipinski definition) is 4. The van der Waals surface area contributed by atoms with Crippen molar-refractivity contribution in [3.63, 3.8) is 0 Å². The lowest BCUT2D eigenvalue weighted by Gasteiger charge is -2.31. The third-order valence-corrected chi connectivity index (χ3v) is 5.56. The first-order chi connectivity index (χ1) is 12.8. The number of carbonyl (C=O) groups excluding carboxylic acids is 1. The fraction of sp³-hybridized carbons (Fsp3) is 0.476. The zero-order valence-corrected chi connectivity index (χ0v) is 15.2. The Labute approximate surface area is 154 Å². The van der Waals surface area contributed by atoms with Crippen molar-refractivity contribution in [2.45, 2.75) is 51.1 Å². The van der Waals surface area contributed by atoms with E-state index in [1.54, 1.807) is 0 Å². The van der Waals surface area contributed by atoms with Gasteiger partial charge in [-0.15, -0.1) is 0 Å². The normalized spacial score (nSPS) is 19.6. The SMILES string of the molecule is O=C(c1ccc2c(c1)CCC2)N(Cc1cncnc1)[C@H]1CCCNCC1. The lowest BCUT2D eigenvalue weighted by molar-refractivity contribution is 0.0645. The van der Waals surface area contributed by atoms with Crippen molar-refractivity contribution in [3.05, 3.63) is 59.2 Å². The van der Waals surface area contributed by atoms with Crippen LogP contribution in [-0.4, -0.2) is 39.9 Å². The third-order valence-electron chi connectivity index (χ3n) is 5.56. The summed E-state index contributed by atoms with van der Waals surface area (Å²) in [6, 6.07) is 6.53. The summed E-state index contributed by atoms with van der Waals surface area (Å²) in [7, 11) is 0. The lowest BCUT2D eigenvalue weighted by atomic mass is 10.0. The van der Waals surface area contributed by atoms with E-state index >= 15 is 0 Å². The highest BCUT2D eigenvalue weighted by atomic mass is 16.2. The van der Waals surface area contributed by atoms with Crippen LogP contribution >= 0.6 is 0 Å². The van der Waals surface area contributed by atoms with Gasteiger partial charge in [0.25, 0.3) is 5.91 Å². The number of benzene rings is 1. The van der Waals surface area contributed by atoms with Crippen LogP contribution in [0.15, 0.2) is 36.9 Å². The van der Waals surface area contributed by atoms with Gasteiger partial charge < -0.3 is 10.2 Å². The number of carbonyl (C=O) groups is 1. The Morgan fingerprint density at radius 1 is 1.08 bits per heavy atom. The van der Waals surface area contributed by atoms with E-state index in [-0.39, 0.29) is 11.9 Å². The maximum absolute atomic E-state index is 13.4. The predicted molar refractivity (Wildman–Crippen MR) is 101 cm³/mol. The van der Waals surface area contributed by atoms with E-state index in [1.165, 1.54) is 23.9 Å². The first-order valence-corrected chi connectivity index (χ1v) is 9.68. The molecule has 0 unspecified atom stereocenters. The number of fused-ring (bicyclic) bond motifs is 1. The Hall–Kier alpha value is -2.27. The molecule has 1 aliphatic heterocycles. The second-order valence-electron chi connectivity index (χ2n) is 7.35. The van der Waals surface area contributed by atoms with Crippen molar-refractivity contribution in [3.8, 4) is 0 Å². The van der Waals surface area contributed by atoms with Crippen LogP contribution in [0.2, 0.25) is 0 Å². The van der Waals surface area contributed by atoms with Gasteiger partial charge in [0.05, 0.1) is 0 Å². The molecule has 5 heteroatoms.